The van der Waals surface area contributed by atoms with Gasteiger partial charge in [0.05, 0.1) is 12.8 Å². The lowest BCUT2D eigenvalue weighted by Gasteiger charge is -2.14. The van der Waals surface area contributed by atoms with E-state index in [1.54, 1.807) is 0 Å². The normalized spacial score (nSPS) is 12.8. The van der Waals surface area contributed by atoms with Crippen LogP contribution < -0.4 is 4.74 Å². The third kappa shape index (κ3) is 3.65. The average Bonchev–Trinajstić information content (AvgIpc) is 3.02. The lowest BCUT2D eigenvalue weighted by Crippen LogP contribution is -2.07. The van der Waals surface area contributed by atoms with E-state index in [0.29, 0.717) is 12.5 Å². The lowest BCUT2D eigenvalue weighted by atomic mass is 10.0. The Kier molecular flexibility index (Phi) is 4.94. The maximum Gasteiger partial charge on any atom is 0.158 e. The Bertz CT molecular complexity index is 837. The highest BCUT2D eigenvalue weighted by atomic mass is 16.5. The number of rotatable bonds is 6. The summed E-state index contributed by atoms with van der Waals surface area (Å²) >= 11 is 0. The minimum absolute atomic E-state index is 0.336. The number of fused-ring (bicyclic) bond motifs is 1. The van der Waals surface area contributed by atoms with Crippen LogP contribution in [0.25, 0.3) is 5.65 Å². The van der Waals surface area contributed by atoms with Crippen LogP contribution in [0.15, 0.2) is 54.7 Å². The van der Waals surface area contributed by atoms with Gasteiger partial charge in [0.2, 0.25) is 0 Å². The first-order valence-corrected chi connectivity index (χ1v) is 8.32. The summed E-state index contributed by atoms with van der Waals surface area (Å²) in [7, 11) is 0. The summed E-state index contributed by atoms with van der Waals surface area (Å²) in [5.74, 6) is 1.99. The van der Waals surface area contributed by atoms with E-state index >= 15 is 0 Å². The first-order valence-electron chi connectivity index (χ1n) is 8.32. The second kappa shape index (κ2) is 7.30. The van der Waals surface area contributed by atoms with Gasteiger partial charge in [-0.05, 0) is 31.0 Å². The van der Waals surface area contributed by atoms with E-state index in [-0.39, 0.29) is 0 Å². The van der Waals surface area contributed by atoms with Gasteiger partial charge in [-0.15, -0.1) is 0 Å². The van der Waals surface area contributed by atoms with Crippen LogP contribution >= 0.6 is 0 Å². The molecule has 0 aliphatic carbocycles. The van der Waals surface area contributed by atoms with Gasteiger partial charge in [-0.2, -0.15) is 5.10 Å². The standard InChI is InChI=1S/C20H23N3O/c1-4-5-11-19-21-20-15(2)12-18(13-23(20)22-19)24-14-16(3)17-9-7-6-8-10-17/h4-10,12-13,16H,11,14H2,1-3H3. The number of benzene rings is 1. The van der Waals surface area contributed by atoms with Gasteiger partial charge in [0.15, 0.2) is 11.5 Å². The van der Waals surface area contributed by atoms with Gasteiger partial charge >= 0.3 is 0 Å². The number of hydrogen-bond donors (Lipinski definition) is 0. The molecule has 124 valence electrons. The van der Waals surface area contributed by atoms with Gasteiger partial charge in [-0.3, -0.25) is 0 Å². The highest BCUT2D eigenvalue weighted by Gasteiger charge is 2.10. The lowest BCUT2D eigenvalue weighted by molar-refractivity contribution is 0.294. The van der Waals surface area contributed by atoms with E-state index in [1.165, 1.54) is 5.56 Å². The van der Waals surface area contributed by atoms with Crippen molar-refractivity contribution in [2.45, 2.75) is 33.1 Å². The molecule has 0 aliphatic heterocycles. The molecule has 0 aliphatic rings. The predicted molar refractivity (Wildman–Crippen MR) is 96.6 cm³/mol. The van der Waals surface area contributed by atoms with Crippen molar-refractivity contribution >= 4 is 5.65 Å². The summed E-state index contributed by atoms with van der Waals surface area (Å²) in [4.78, 5) is 4.58. The molecule has 0 saturated carbocycles. The van der Waals surface area contributed by atoms with Crippen molar-refractivity contribution in [3.63, 3.8) is 0 Å². The van der Waals surface area contributed by atoms with Crippen molar-refractivity contribution in [1.29, 1.82) is 0 Å². The molecule has 2 aromatic heterocycles. The molecule has 0 bridgehead atoms. The summed E-state index contributed by atoms with van der Waals surface area (Å²) in [5, 5.41) is 4.53. The molecule has 0 spiro atoms. The second-order valence-corrected chi connectivity index (χ2v) is 6.05. The molecule has 3 aromatic rings. The molecule has 3 rings (SSSR count). The van der Waals surface area contributed by atoms with Gasteiger partial charge in [-0.25, -0.2) is 9.50 Å². The first-order chi connectivity index (χ1) is 11.7. The van der Waals surface area contributed by atoms with Crippen LogP contribution in [0.5, 0.6) is 5.75 Å². The second-order valence-electron chi connectivity index (χ2n) is 6.05. The van der Waals surface area contributed by atoms with E-state index in [2.05, 4.69) is 47.3 Å². The quantitative estimate of drug-likeness (QED) is 0.634. The van der Waals surface area contributed by atoms with Crippen LogP contribution in [0.3, 0.4) is 0 Å². The smallest absolute Gasteiger partial charge is 0.158 e. The minimum Gasteiger partial charge on any atom is -0.491 e. The third-order valence-corrected chi connectivity index (χ3v) is 4.04. The van der Waals surface area contributed by atoms with Crippen LogP contribution in [0, 0.1) is 6.92 Å². The number of nitrogens with zero attached hydrogens (tertiary/aromatic N) is 3. The molecule has 2 heterocycles. The Hall–Kier alpha value is -2.62. The Morgan fingerprint density at radius 3 is 2.79 bits per heavy atom. The van der Waals surface area contributed by atoms with E-state index in [1.807, 2.05) is 42.8 Å². The fourth-order valence-electron chi connectivity index (χ4n) is 2.65. The van der Waals surface area contributed by atoms with E-state index in [4.69, 9.17) is 4.74 Å². The van der Waals surface area contributed by atoms with E-state index < -0.39 is 0 Å². The molecule has 24 heavy (non-hydrogen) atoms. The largest absolute Gasteiger partial charge is 0.491 e. The molecule has 0 N–H and O–H groups in total. The maximum atomic E-state index is 6.00. The first kappa shape index (κ1) is 16.2. The number of hydrogen-bond acceptors (Lipinski definition) is 3. The molecule has 1 atom stereocenters. The van der Waals surface area contributed by atoms with Crippen molar-refractivity contribution in [3.05, 3.63) is 71.7 Å². The molecule has 0 fully saturated rings. The molecule has 0 saturated heterocycles. The highest BCUT2D eigenvalue weighted by molar-refractivity contribution is 5.49. The summed E-state index contributed by atoms with van der Waals surface area (Å²) < 4.78 is 7.82. The maximum absolute atomic E-state index is 6.00. The number of aromatic nitrogens is 3. The number of allylic oxidation sites excluding steroid dienone is 2. The van der Waals surface area contributed by atoms with Crippen LogP contribution in [0.1, 0.15) is 36.7 Å². The van der Waals surface area contributed by atoms with Crippen molar-refractivity contribution in [2.24, 2.45) is 0 Å². The predicted octanol–water partition coefficient (Wildman–Crippen LogP) is 4.34. The van der Waals surface area contributed by atoms with Crippen molar-refractivity contribution in [1.82, 2.24) is 14.6 Å². The molecule has 0 radical (unpaired) electrons. The Morgan fingerprint density at radius 1 is 1.25 bits per heavy atom. The monoisotopic (exact) mass is 321 g/mol. The van der Waals surface area contributed by atoms with Gasteiger partial charge in [0.25, 0.3) is 0 Å². The average molecular weight is 321 g/mol. The van der Waals surface area contributed by atoms with Crippen molar-refractivity contribution < 1.29 is 4.74 Å². The van der Waals surface area contributed by atoms with Gasteiger partial charge in [0.1, 0.15) is 5.75 Å². The van der Waals surface area contributed by atoms with Crippen molar-refractivity contribution in [3.8, 4) is 5.75 Å². The molecule has 4 nitrogen and oxygen atoms in total. The van der Waals surface area contributed by atoms with Crippen LogP contribution in [-0.4, -0.2) is 21.2 Å². The Morgan fingerprint density at radius 2 is 2.04 bits per heavy atom. The van der Waals surface area contributed by atoms with Gasteiger partial charge in [0, 0.05) is 12.3 Å². The fraction of sp³-hybridized carbons (Fsp3) is 0.300. The van der Waals surface area contributed by atoms with Crippen molar-refractivity contribution in [2.75, 3.05) is 6.61 Å². The SMILES string of the molecule is CC=CCc1nc2c(C)cc(OCC(C)c3ccccc3)cn2n1. The van der Waals surface area contributed by atoms with Crippen LogP contribution in [0.2, 0.25) is 0 Å². The number of aryl methyl sites for hydroxylation is 1. The Labute approximate surface area is 142 Å². The number of ether oxygens (including phenoxy) is 1. The summed E-state index contributed by atoms with van der Waals surface area (Å²) in [6.07, 6.45) is 6.73. The zero-order chi connectivity index (χ0) is 16.9. The zero-order valence-electron chi connectivity index (χ0n) is 14.4. The van der Waals surface area contributed by atoms with E-state index in [0.717, 1.165) is 29.2 Å². The summed E-state index contributed by atoms with van der Waals surface area (Å²) in [6, 6.07) is 12.4. The number of pyridine rings is 1. The minimum atomic E-state index is 0.336. The molecule has 1 unspecified atom stereocenters. The molecular formula is C20H23N3O. The summed E-state index contributed by atoms with van der Waals surface area (Å²) in [6.45, 7) is 6.85. The highest BCUT2D eigenvalue weighted by Crippen LogP contribution is 2.20. The van der Waals surface area contributed by atoms with Gasteiger partial charge in [-0.1, -0.05) is 49.4 Å². The zero-order valence-corrected chi connectivity index (χ0v) is 14.4. The third-order valence-electron chi connectivity index (χ3n) is 4.04. The molecule has 1 aromatic carbocycles. The molecule has 4 heteroatoms. The van der Waals surface area contributed by atoms with E-state index in [9.17, 15) is 0 Å². The van der Waals surface area contributed by atoms with Gasteiger partial charge < -0.3 is 4.74 Å². The van der Waals surface area contributed by atoms with Crippen LogP contribution in [0.4, 0.5) is 0 Å². The molecule has 0 amide bonds. The molecular weight excluding hydrogens is 298 g/mol. The Balaban J connectivity index is 1.75. The summed E-state index contributed by atoms with van der Waals surface area (Å²) in [5.41, 5.74) is 3.24. The topological polar surface area (TPSA) is 39.4 Å². The fourth-order valence-corrected chi connectivity index (χ4v) is 2.65. The van der Waals surface area contributed by atoms with Crippen LogP contribution in [-0.2, 0) is 6.42 Å².